The van der Waals surface area contributed by atoms with Crippen LogP contribution in [0.1, 0.15) is 56.6 Å². The van der Waals surface area contributed by atoms with Crippen LogP contribution < -0.4 is 9.80 Å². The Balaban J connectivity index is 1.32. The second-order valence-electron chi connectivity index (χ2n) is 10.2. The Kier molecular flexibility index (Phi) is 6.42. The van der Waals surface area contributed by atoms with Gasteiger partial charge in [-0.25, -0.2) is 4.98 Å². The Morgan fingerprint density at radius 2 is 1.73 bits per heavy atom. The maximum atomic E-state index is 12.9. The van der Waals surface area contributed by atoms with Crippen LogP contribution in [0.25, 0.3) is 11.1 Å². The monoisotopic (exact) mass is 446 g/mol. The zero-order valence-electron chi connectivity index (χ0n) is 20.5. The number of rotatable bonds is 6. The number of hydrogen-bond acceptors (Lipinski definition) is 4. The fourth-order valence-electron chi connectivity index (χ4n) is 5.59. The molecule has 33 heavy (non-hydrogen) atoms. The summed E-state index contributed by atoms with van der Waals surface area (Å²) in [5.41, 5.74) is 5.72. The van der Waals surface area contributed by atoms with Crippen molar-refractivity contribution in [2.75, 3.05) is 42.5 Å². The highest BCUT2D eigenvalue weighted by atomic mass is 16.2. The van der Waals surface area contributed by atoms with Crippen LogP contribution in [0.3, 0.4) is 0 Å². The molecule has 1 aromatic carbocycles. The van der Waals surface area contributed by atoms with E-state index in [1.807, 2.05) is 11.1 Å². The first kappa shape index (κ1) is 22.4. The summed E-state index contributed by atoms with van der Waals surface area (Å²) in [7, 11) is 0. The van der Waals surface area contributed by atoms with Gasteiger partial charge in [0, 0.05) is 49.0 Å². The van der Waals surface area contributed by atoms with Gasteiger partial charge < -0.3 is 14.7 Å². The number of likely N-dealkylation sites (tertiary alicyclic amines) is 1. The molecule has 3 fully saturated rings. The van der Waals surface area contributed by atoms with Crippen molar-refractivity contribution in [3.63, 3.8) is 0 Å². The molecule has 2 aliphatic heterocycles. The molecule has 0 unspecified atom stereocenters. The van der Waals surface area contributed by atoms with Crippen LogP contribution in [0.4, 0.5) is 11.5 Å². The molecule has 2 saturated heterocycles. The van der Waals surface area contributed by atoms with Crippen molar-refractivity contribution >= 4 is 17.4 Å². The molecule has 0 bridgehead atoms. The number of carbonyl (C=O) groups excluding carboxylic acids is 1. The van der Waals surface area contributed by atoms with Crippen LogP contribution in [-0.4, -0.2) is 54.6 Å². The van der Waals surface area contributed by atoms with E-state index in [4.69, 9.17) is 4.98 Å². The van der Waals surface area contributed by atoms with Gasteiger partial charge in [-0.1, -0.05) is 6.07 Å². The number of nitrogens with zero attached hydrogens (tertiary/aromatic N) is 4. The lowest BCUT2D eigenvalue weighted by Gasteiger charge is -2.37. The van der Waals surface area contributed by atoms with Crippen LogP contribution in [0, 0.1) is 19.8 Å². The van der Waals surface area contributed by atoms with E-state index in [2.05, 4.69) is 54.8 Å². The molecule has 1 aromatic heterocycles. The lowest BCUT2D eigenvalue weighted by molar-refractivity contribution is -0.119. The van der Waals surface area contributed by atoms with E-state index in [0.29, 0.717) is 6.54 Å². The van der Waals surface area contributed by atoms with E-state index in [1.165, 1.54) is 49.9 Å². The lowest BCUT2D eigenvalue weighted by atomic mass is 9.98. The minimum Gasteiger partial charge on any atom is -0.357 e. The van der Waals surface area contributed by atoms with Gasteiger partial charge in [0.1, 0.15) is 5.82 Å². The molecule has 1 aliphatic carbocycles. The van der Waals surface area contributed by atoms with Gasteiger partial charge in [-0.3, -0.25) is 4.79 Å². The molecule has 1 saturated carbocycles. The van der Waals surface area contributed by atoms with Gasteiger partial charge in [0.05, 0.1) is 0 Å². The first-order chi connectivity index (χ1) is 16.0. The van der Waals surface area contributed by atoms with Crippen molar-refractivity contribution in [3.05, 3.63) is 41.6 Å². The minimum absolute atomic E-state index is 0.226. The SMILES string of the molecule is CCN(C(=O)C1CC1)c1cc(-c2ccc(N3CCC(N4CCCC4)CC3)nc2)cc(C)c1C. The largest absolute Gasteiger partial charge is 0.357 e. The summed E-state index contributed by atoms with van der Waals surface area (Å²) in [6.07, 6.45) is 9.30. The normalized spacial score (nSPS) is 19.8. The van der Waals surface area contributed by atoms with Crippen LogP contribution in [-0.2, 0) is 4.79 Å². The second-order valence-corrected chi connectivity index (χ2v) is 10.2. The number of piperidine rings is 1. The van der Waals surface area contributed by atoms with Crippen LogP contribution in [0.15, 0.2) is 30.5 Å². The Morgan fingerprint density at radius 1 is 1.00 bits per heavy atom. The molecular weight excluding hydrogens is 408 g/mol. The molecule has 5 heteroatoms. The number of pyridine rings is 1. The first-order valence-corrected chi connectivity index (χ1v) is 12.9. The van der Waals surface area contributed by atoms with E-state index in [1.54, 1.807) is 0 Å². The molecule has 3 aliphatic rings. The van der Waals surface area contributed by atoms with E-state index in [9.17, 15) is 4.79 Å². The van der Waals surface area contributed by atoms with Gasteiger partial charge in [0.2, 0.25) is 5.91 Å². The van der Waals surface area contributed by atoms with Crippen molar-refractivity contribution < 1.29 is 4.79 Å². The molecule has 5 rings (SSSR count). The number of benzene rings is 1. The molecule has 176 valence electrons. The first-order valence-electron chi connectivity index (χ1n) is 12.9. The molecule has 5 nitrogen and oxygen atoms in total. The van der Waals surface area contributed by atoms with Gasteiger partial charge in [-0.15, -0.1) is 0 Å². The average molecular weight is 447 g/mol. The zero-order valence-corrected chi connectivity index (χ0v) is 20.5. The van der Waals surface area contributed by atoms with Gasteiger partial charge >= 0.3 is 0 Å². The van der Waals surface area contributed by atoms with E-state index in [-0.39, 0.29) is 11.8 Å². The zero-order chi connectivity index (χ0) is 22.9. The minimum atomic E-state index is 0.226. The summed E-state index contributed by atoms with van der Waals surface area (Å²) in [5.74, 6) is 1.59. The quantitative estimate of drug-likeness (QED) is 0.612. The number of anilines is 2. The third kappa shape index (κ3) is 4.65. The topological polar surface area (TPSA) is 39.7 Å². The molecule has 0 atom stereocenters. The summed E-state index contributed by atoms with van der Waals surface area (Å²) in [5, 5.41) is 0. The van der Waals surface area contributed by atoms with E-state index >= 15 is 0 Å². The van der Waals surface area contributed by atoms with E-state index in [0.717, 1.165) is 54.6 Å². The molecule has 0 spiro atoms. The second kappa shape index (κ2) is 9.46. The van der Waals surface area contributed by atoms with Gasteiger partial charge in [0.15, 0.2) is 0 Å². The Morgan fingerprint density at radius 3 is 2.33 bits per heavy atom. The molecule has 0 radical (unpaired) electrons. The molecular formula is C28H38N4O. The predicted octanol–water partition coefficient (Wildman–Crippen LogP) is 5.19. The molecule has 2 aromatic rings. The van der Waals surface area contributed by atoms with Gasteiger partial charge in [0.25, 0.3) is 0 Å². The summed E-state index contributed by atoms with van der Waals surface area (Å²) in [6, 6.07) is 9.54. The van der Waals surface area contributed by atoms with Crippen molar-refractivity contribution in [3.8, 4) is 11.1 Å². The highest BCUT2D eigenvalue weighted by Gasteiger charge is 2.34. The summed E-state index contributed by atoms with van der Waals surface area (Å²) in [4.78, 5) is 24.8. The number of amides is 1. The number of hydrogen-bond donors (Lipinski definition) is 0. The van der Waals surface area contributed by atoms with Gasteiger partial charge in [-0.2, -0.15) is 0 Å². The molecule has 3 heterocycles. The number of aromatic nitrogens is 1. The highest BCUT2D eigenvalue weighted by molar-refractivity contribution is 5.98. The summed E-state index contributed by atoms with van der Waals surface area (Å²) < 4.78 is 0. The number of carbonyl (C=O) groups is 1. The molecule has 1 amide bonds. The maximum absolute atomic E-state index is 12.9. The van der Waals surface area contributed by atoms with Crippen LogP contribution in [0.2, 0.25) is 0 Å². The van der Waals surface area contributed by atoms with Gasteiger partial charge in [-0.05, 0) is 107 Å². The van der Waals surface area contributed by atoms with Crippen molar-refractivity contribution in [1.29, 1.82) is 0 Å². The smallest absolute Gasteiger partial charge is 0.230 e. The fraction of sp³-hybridized carbons (Fsp3) is 0.571. The Bertz CT molecular complexity index is 984. The van der Waals surface area contributed by atoms with Crippen molar-refractivity contribution in [2.24, 2.45) is 5.92 Å². The van der Waals surface area contributed by atoms with Crippen LogP contribution >= 0.6 is 0 Å². The van der Waals surface area contributed by atoms with E-state index < -0.39 is 0 Å². The third-order valence-corrected chi connectivity index (χ3v) is 7.97. The van der Waals surface area contributed by atoms with Crippen molar-refractivity contribution in [1.82, 2.24) is 9.88 Å². The molecule has 0 N–H and O–H groups in total. The third-order valence-electron chi connectivity index (χ3n) is 7.97. The standard InChI is InChI=1S/C28H38N4O/c1-4-32(28(33)22-7-8-22)26-18-24(17-20(2)21(26)3)23-9-10-27(29-19-23)31-15-11-25(12-16-31)30-13-5-6-14-30/h9-10,17-19,22,25H,4-8,11-16H2,1-3H3. The Hall–Kier alpha value is -2.40. The Labute approximate surface area is 198 Å². The van der Waals surface area contributed by atoms with Crippen molar-refractivity contribution in [2.45, 2.75) is 65.3 Å². The maximum Gasteiger partial charge on any atom is 0.230 e. The lowest BCUT2D eigenvalue weighted by Crippen LogP contribution is -2.44. The van der Waals surface area contributed by atoms with Crippen LogP contribution in [0.5, 0.6) is 0 Å². The fourth-order valence-corrected chi connectivity index (χ4v) is 5.59. The number of aryl methyl sites for hydroxylation is 1. The summed E-state index contributed by atoms with van der Waals surface area (Å²) >= 11 is 0. The summed E-state index contributed by atoms with van der Waals surface area (Å²) in [6.45, 7) is 11.8. The highest BCUT2D eigenvalue weighted by Crippen LogP contribution is 2.36. The predicted molar refractivity (Wildman–Crippen MR) is 136 cm³/mol. The average Bonchev–Trinajstić information content (AvgIpc) is 3.56.